The molecule has 0 amide bonds. The van der Waals surface area contributed by atoms with Crippen LogP contribution in [0.25, 0.3) is 0 Å². The van der Waals surface area contributed by atoms with Crippen molar-refractivity contribution in [3.05, 3.63) is 94.2 Å². The van der Waals surface area contributed by atoms with E-state index < -0.39 is 4.92 Å². The van der Waals surface area contributed by atoms with Gasteiger partial charge in [0.05, 0.1) is 16.2 Å². The Hall–Kier alpha value is -4.45. The molecular weight excluding hydrogens is 358 g/mol. The Kier molecular flexibility index (Phi) is 5.43. The number of nitriles is 1. The van der Waals surface area contributed by atoms with Crippen molar-refractivity contribution >= 4 is 23.0 Å². The van der Waals surface area contributed by atoms with Crippen LogP contribution in [0.15, 0.2) is 78.0 Å². The zero-order valence-corrected chi connectivity index (χ0v) is 14.6. The van der Waals surface area contributed by atoms with Gasteiger partial charge < -0.3 is 5.73 Å². The summed E-state index contributed by atoms with van der Waals surface area (Å²) in [6.45, 7) is 0. The molecular formula is C19H15N7O2. The van der Waals surface area contributed by atoms with Gasteiger partial charge in [-0.2, -0.15) is 10.4 Å². The topological polar surface area (TPSA) is 133 Å². The second kappa shape index (κ2) is 8.29. The lowest BCUT2D eigenvalue weighted by Gasteiger charge is -2.21. The van der Waals surface area contributed by atoms with Crippen molar-refractivity contribution in [2.45, 2.75) is 0 Å². The first-order valence-electron chi connectivity index (χ1n) is 8.14. The van der Waals surface area contributed by atoms with Crippen molar-refractivity contribution in [2.24, 2.45) is 10.8 Å². The first kappa shape index (κ1) is 18.3. The Labute approximate surface area is 160 Å². The predicted octanol–water partition coefficient (Wildman–Crippen LogP) is 3.02. The summed E-state index contributed by atoms with van der Waals surface area (Å²) in [6, 6.07) is 20.2. The van der Waals surface area contributed by atoms with E-state index in [9.17, 15) is 10.1 Å². The number of hydrazine groups is 1. The molecule has 3 N–H and O–H groups in total. The largest absolute Gasteiger partial charge is 0.382 e. The Balaban J connectivity index is 1.95. The fourth-order valence-corrected chi connectivity index (χ4v) is 2.27. The third-order valence-corrected chi connectivity index (χ3v) is 3.70. The zero-order valence-electron chi connectivity index (χ0n) is 14.6. The number of aromatic nitrogens is 1. The van der Waals surface area contributed by atoms with Gasteiger partial charge in [-0.25, -0.2) is 4.98 Å². The number of nitrogens with two attached hydrogens (primary N) is 1. The molecule has 28 heavy (non-hydrogen) atoms. The van der Waals surface area contributed by atoms with Gasteiger partial charge in [0.1, 0.15) is 11.9 Å². The Morgan fingerprint density at radius 2 is 1.86 bits per heavy atom. The van der Waals surface area contributed by atoms with Crippen LogP contribution in [0.5, 0.6) is 0 Å². The molecule has 0 unspecified atom stereocenters. The molecule has 0 aliphatic heterocycles. The van der Waals surface area contributed by atoms with Crippen molar-refractivity contribution in [3.63, 3.8) is 0 Å². The fraction of sp³-hybridized carbons (Fsp3) is 0. The fourth-order valence-electron chi connectivity index (χ4n) is 2.27. The number of hydrogen-bond acceptors (Lipinski definition) is 7. The van der Waals surface area contributed by atoms with Crippen LogP contribution in [0.2, 0.25) is 0 Å². The van der Waals surface area contributed by atoms with E-state index in [2.05, 4.69) is 15.5 Å². The minimum atomic E-state index is -0.481. The van der Waals surface area contributed by atoms with Crippen LogP contribution >= 0.6 is 0 Å². The molecule has 0 saturated heterocycles. The molecule has 0 fully saturated rings. The summed E-state index contributed by atoms with van der Waals surface area (Å²) in [5.74, 6) is 0.655. The first-order valence-corrected chi connectivity index (χ1v) is 8.14. The summed E-state index contributed by atoms with van der Waals surface area (Å²) in [4.78, 5) is 14.6. The van der Waals surface area contributed by atoms with Crippen LogP contribution in [-0.2, 0) is 0 Å². The lowest BCUT2D eigenvalue weighted by molar-refractivity contribution is -0.384. The molecule has 0 radical (unpaired) electrons. The number of benzene rings is 2. The number of hydrogen-bond donors (Lipinski definition) is 2. The van der Waals surface area contributed by atoms with Crippen LogP contribution < -0.4 is 16.3 Å². The van der Waals surface area contributed by atoms with Gasteiger partial charge in [-0.1, -0.05) is 30.3 Å². The number of non-ortho nitro benzene ring substituents is 1. The van der Waals surface area contributed by atoms with E-state index in [0.717, 1.165) is 0 Å². The number of rotatable bonds is 6. The summed E-state index contributed by atoms with van der Waals surface area (Å²) in [5, 5.41) is 25.5. The van der Waals surface area contributed by atoms with Gasteiger partial charge in [0, 0.05) is 23.9 Å². The van der Waals surface area contributed by atoms with E-state index in [1.807, 2.05) is 36.4 Å². The number of amidine groups is 1. The Morgan fingerprint density at radius 3 is 2.43 bits per heavy atom. The van der Waals surface area contributed by atoms with Gasteiger partial charge >= 0.3 is 0 Å². The van der Waals surface area contributed by atoms with Crippen LogP contribution in [0.3, 0.4) is 0 Å². The van der Waals surface area contributed by atoms with Crippen molar-refractivity contribution < 1.29 is 4.92 Å². The first-order chi connectivity index (χ1) is 13.6. The number of hydrazone groups is 1. The molecule has 1 heterocycles. The maximum absolute atomic E-state index is 10.9. The highest BCUT2D eigenvalue weighted by atomic mass is 16.6. The lowest BCUT2D eigenvalue weighted by atomic mass is 10.2. The number of nitro benzene ring substituents is 1. The molecule has 138 valence electrons. The molecule has 2 aromatic carbocycles. The van der Waals surface area contributed by atoms with E-state index in [0.29, 0.717) is 22.6 Å². The standard InChI is InChI=1S/C19H15N7O2/c20-12-14-6-11-18(22-13-14)23-25(16-7-9-17(10-8-16)26(27)28)24-19(21)15-4-2-1-3-5-15/h1-11,13H,(H2,21,24)(H,22,23). The van der Waals surface area contributed by atoms with Gasteiger partial charge in [-0.3, -0.25) is 15.5 Å². The van der Waals surface area contributed by atoms with Crippen LogP contribution in [0, 0.1) is 21.4 Å². The third-order valence-electron chi connectivity index (χ3n) is 3.70. The SMILES string of the molecule is N#Cc1ccc(NN(/N=C(\N)c2ccccc2)c2ccc([N+](=O)[O-])cc2)nc1. The van der Waals surface area contributed by atoms with Crippen molar-refractivity contribution in [2.75, 3.05) is 10.5 Å². The molecule has 0 saturated carbocycles. The third kappa shape index (κ3) is 4.39. The maximum Gasteiger partial charge on any atom is 0.269 e. The summed E-state index contributed by atoms with van der Waals surface area (Å²) in [7, 11) is 0. The van der Waals surface area contributed by atoms with Gasteiger partial charge in [-0.15, -0.1) is 5.10 Å². The summed E-state index contributed by atoms with van der Waals surface area (Å²) in [6.07, 6.45) is 1.42. The van der Waals surface area contributed by atoms with E-state index in [-0.39, 0.29) is 11.5 Å². The Morgan fingerprint density at radius 1 is 1.14 bits per heavy atom. The van der Waals surface area contributed by atoms with Crippen molar-refractivity contribution in [3.8, 4) is 6.07 Å². The Bertz CT molecular complexity index is 1030. The molecule has 9 heteroatoms. The van der Waals surface area contributed by atoms with Crippen LogP contribution in [-0.4, -0.2) is 15.7 Å². The number of nitrogens with zero attached hydrogens (tertiary/aromatic N) is 5. The molecule has 0 aliphatic carbocycles. The number of pyridine rings is 1. The average Bonchev–Trinajstić information content (AvgIpc) is 2.74. The van der Waals surface area contributed by atoms with Crippen LogP contribution in [0.4, 0.5) is 17.2 Å². The minimum Gasteiger partial charge on any atom is -0.382 e. The van der Waals surface area contributed by atoms with Crippen LogP contribution in [0.1, 0.15) is 11.1 Å². The van der Waals surface area contributed by atoms with E-state index in [1.54, 1.807) is 12.1 Å². The molecule has 3 aromatic rings. The highest BCUT2D eigenvalue weighted by Gasteiger charge is 2.11. The number of nitro groups is 1. The lowest BCUT2D eigenvalue weighted by Crippen LogP contribution is -2.29. The molecule has 3 rings (SSSR count). The molecule has 1 aromatic heterocycles. The zero-order chi connectivity index (χ0) is 19.9. The minimum absolute atomic E-state index is 0.0415. The highest BCUT2D eigenvalue weighted by molar-refractivity contribution is 5.98. The molecule has 0 atom stereocenters. The van der Waals surface area contributed by atoms with E-state index in [1.165, 1.54) is 35.6 Å². The summed E-state index contributed by atoms with van der Waals surface area (Å²) in [5.41, 5.74) is 10.7. The number of anilines is 2. The summed E-state index contributed by atoms with van der Waals surface area (Å²) < 4.78 is 0. The van der Waals surface area contributed by atoms with Crippen molar-refractivity contribution in [1.29, 1.82) is 5.26 Å². The van der Waals surface area contributed by atoms with Gasteiger partial charge in [0.25, 0.3) is 5.69 Å². The second-order valence-corrected chi connectivity index (χ2v) is 5.59. The normalized spacial score (nSPS) is 10.8. The number of nitrogens with one attached hydrogen (secondary N) is 1. The predicted molar refractivity (Wildman–Crippen MR) is 105 cm³/mol. The molecule has 0 spiro atoms. The van der Waals surface area contributed by atoms with Gasteiger partial charge in [0.2, 0.25) is 0 Å². The highest BCUT2D eigenvalue weighted by Crippen LogP contribution is 2.21. The molecule has 0 aliphatic rings. The molecule has 9 nitrogen and oxygen atoms in total. The molecule has 0 bridgehead atoms. The van der Waals surface area contributed by atoms with Gasteiger partial charge in [0.15, 0.2) is 5.84 Å². The summed E-state index contributed by atoms with van der Waals surface area (Å²) >= 11 is 0. The van der Waals surface area contributed by atoms with E-state index >= 15 is 0 Å². The maximum atomic E-state index is 10.9. The quantitative estimate of drug-likeness (QED) is 0.293. The van der Waals surface area contributed by atoms with E-state index in [4.69, 9.17) is 11.0 Å². The monoisotopic (exact) mass is 373 g/mol. The van der Waals surface area contributed by atoms with Gasteiger partial charge in [-0.05, 0) is 24.3 Å². The van der Waals surface area contributed by atoms with Crippen molar-refractivity contribution in [1.82, 2.24) is 4.98 Å². The smallest absolute Gasteiger partial charge is 0.269 e. The second-order valence-electron chi connectivity index (χ2n) is 5.59. The average molecular weight is 373 g/mol.